The summed E-state index contributed by atoms with van der Waals surface area (Å²) in [5.41, 5.74) is 5.31. The predicted octanol–water partition coefficient (Wildman–Crippen LogP) is 5.53. The molecule has 0 aliphatic carbocycles. The first-order valence-corrected chi connectivity index (χ1v) is 6.93. The Balaban J connectivity index is 2.65. The lowest BCUT2D eigenvalue weighted by atomic mass is 9.89. The summed E-state index contributed by atoms with van der Waals surface area (Å²) in [4.78, 5) is 0. The minimum absolute atomic E-state index is 0.183. The number of benzene rings is 2. The van der Waals surface area contributed by atoms with Crippen molar-refractivity contribution in [2.75, 3.05) is 0 Å². The van der Waals surface area contributed by atoms with Gasteiger partial charge < -0.3 is 0 Å². The first-order valence-electron chi connectivity index (χ1n) is 6.49. The highest BCUT2D eigenvalue weighted by atomic mass is 35.5. The van der Waals surface area contributed by atoms with Gasteiger partial charge in [-0.3, -0.25) is 0 Å². The molecule has 2 aromatic carbocycles. The lowest BCUT2D eigenvalue weighted by molar-refractivity contribution is 0.500. The van der Waals surface area contributed by atoms with Crippen LogP contribution in [0.2, 0.25) is 0 Å². The van der Waals surface area contributed by atoms with Gasteiger partial charge in [0.15, 0.2) is 11.6 Å². The second-order valence-electron chi connectivity index (χ2n) is 5.18. The van der Waals surface area contributed by atoms with Crippen LogP contribution in [0.1, 0.15) is 38.8 Å². The van der Waals surface area contributed by atoms with Gasteiger partial charge in [-0.05, 0) is 61.6 Å². The maximum Gasteiger partial charge on any atom is 0.163 e. The highest BCUT2D eigenvalue weighted by molar-refractivity contribution is 6.22. The van der Waals surface area contributed by atoms with E-state index in [1.165, 1.54) is 12.1 Å². The number of alkyl halides is 1. The third kappa shape index (κ3) is 2.45. The van der Waals surface area contributed by atoms with Crippen molar-refractivity contribution in [3.63, 3.8) is 0 Å². The molecule has 0 aromatic heterocycles. The van der Waals surface area contributed by atoms with Crippen molar-refractivity contribution >= 4 is 11.6 Å². The molecule has 1 atom stereocenters. The summed E-state index contributed by atoms with van der Waals surface area (Å²) in [6, 6.07) is 6.20. The Morgan fingerprint density at radius 1 is 0.950 bits per heavy atom. The Bertz CT molecular complexity index is 636. The van der Waals surface area contributed by atoms with E-state index in [9.17, 15) is 8.78 Å². The van der Waals surface area contributed by atoms with E-state index in [-0.39, 0.29) is 5.56 Å². The van der Waals surface area contributed by atoms with E-state index < -0.39 is 17.0 Å². The summed E-state index contributed by atoms with van der Waals surface area (Å²) >= 11 is 6.46. The van der Waals surface area contributed by atoms with Crippen molar-refractivity contribution in [3.8, 4) is 0 Å². The molecule has 0 radical (unpaired) electrons. The Kier molecular flexibility index (Phi) is 4.14. The van der Waals surface area contributed by atoms with E-state index in [0.29, 0.717) is 0 Å². The van der Waals surface area contributed by atoms with Crippen LogP contribution in [0, 0.1) is 39.3 Å². The minimum atomic E-state index is -0.870. The largest absolute Gasteiger partial charge is 0.204 e. The Morgan fingerprint density at radius 2 is 1.50 bits per heavy atom. The van der Waals surface area contributed by atoms with E-state index >= 15 is 0 Å². The molecule has 0 spiro atoms. The second-order valence-corrected chi connectivity index (χ2v) is 5.62. The molecule has 0 saturated heterocycles. The van der Waals surface area contributed by atoms with Crippen LogP contribution in [0.25, 0.3) is 0 Å². The van der Waals surface area contributed by atoms with Gasteiger partial charge in [-0.25, -0.2) is 8.78 Å². The van der Waals surface area contributed by atoms with Crippen molar-refractivity contribution in [1.29, 1.82) is 0 Å². The van der Waals surface area contributed by atoms with Gasteiger partial charge >= 0.3 is 0 Å². The minimum Gasteiger partial charge on any atom is -0.204 e. The van der Waals surface area contributed by atoms with Gasteiger partial charge in [0.25, 0.3) is 0 Å². The Labute approximate surface area is 123 Å². The third-order valence-corrected chi connectivity index (χ3v) is 4.39. The van der Waals surface area contributed by atoms with Crippen LogP contribution in [0.5, 0.6) is 0 Å². The molecule has 3 heteroatoms. The van der Waals surface area contributed by atoms with Crippen molar-refractivity contribution in [1.82, 2.24) is 0 Å². The lowest BCUT2D eigenvalue weighted by Gasteiger charge is -2.20. The Hall–Kier alpha value is -1.41. The molecule has 0 aliphatic heterocycles. The molecule has 0 N–H and O–H groups in total. The van der Waals surface area contributed by atoms with Crippen LogP contribution >= 0.6 is 11.6 Å². The van der Waals surface area contributed by atoms with E-state index in [4.69, 9.17) is 11.6 Å². The molecule has 0 aliphatic rings. The average molecular weight is 295 g/mol. The van der Waals surface area contributed by atoms with Gasteiger partial charge in [0, 0.05) is 5.56 Å². The van der Waals surface area contributed by atoms with Crippen molar-refractivity contribution < 1.29 is 8.78 Å². The molecule has 0 nitrogen and oxygen atoms in total. The standard InChI is InChI=1S/C17H17ClF2/c1-9-8-10(2)12(4)15(11(9)3)16(18)13-6-5-7-14(19)17(13)20/h5-8,16H,1-4H3. The fraction of sp³-hybridized carbons (Fsp3) is 0.294. The molecular weight excluding hydrogens is 278 g/mol. The molecule has 20 heavy (non-hydrogen) atoms. The molecule has 0 bridgehead atoms. The van der Waals surface area contributed by atoms with E-state index in [2.05, 4.69) is 6.07 Å². The highest BCUT2D eigenvalue weighted by Gasteiger charge is 2.22. The molecular formula is C17H17ClF2. The third-order valence-electron chi connectivity index (χ3n) is 3.93. The lowest BCUT2D eigenvalue weighted by Crippen LogP contribution is -2.06. The van der Waals surface area contributed by atoms with Crippen LogP contribution in [0.3, 0.4) is 0 Å². The quantitative estimate of drug-likeness (QED) is 0.639. The SMILES string of the molecule is Cc1cc(C)c(C)c(C(Cl)c2cccc(F)c2F)c1C. The zero-order valence-corrected chi connectivity index (χ0v) is 12.8. The smallest absolute Gasteiger partial charge is 0.163 e. The molecule has 106 valence electrons. The van der Waals surface area contributed by atoms with Crippen molar-refractivity contribution in [3.05, 3.63) is 69.3 Å². The van der Waals surface area contributed by atoms with Crippen LogP contribution < -0.4 is 0 Å². The van der Waals surface area contributed by atoms with Gasteiger partial charge in [0.05, 0.1) is 5.38 Å². The van der Waals surface area contributed by atoms with Gasteiger partial charge in [0.1, 0.15) is 0 Å². The van der Waals surface area contributed by atoms with E-state index in [0.717, 1.165) is 33.9 Å². The van der Waals surface area contributed by atoms with Crippen LogP contribution in [-0.4, -0.2) is 0 Å². The number of hydrogen-bond acceptors (Lipinski definition) is 0. The first kappa shape index (κ1) is 15.0. The maximum absolute atomic E-state index is 13.9. The van der Waals surface area contributed by atoms with Crippen LogP contribution in [-0.2, 0) is 0 Å². The molecule has 1 unspecified atom stereocenters. The molecule has 0 amide bonds. The van der Waals surface area contributed by atoms with Gasteiger partial charge in [-0.2, -0.15) is 0 Å². The molecule has 0 fully saturated rings. The predicted molar refractivity (Wildman–Crippen MR) is 79.4 cm³/mol. The Morgan fingerprint density at radius 3 is 2.05 bits per heavy atom. The molecule has 0 saturated carbocycles. The van der Waals surface area contributed by atoms with Gasteiger partial charge in [-0.15, -0.1) is 11.6 Å². The zero-order chi connectivity index (χ0) is 15.0. The number of aryl methyl sites for hydroxylation is 2. The summed E-state index contributed by atoms with van der Waals surface area (Å²) in [6.45, 7) is 7.92. The molecule has 0 heterocycles. The number of rotatable bonds is 2. The fourth-order valence-corrected chi connectivity index (χ4v) is 3.00. The molecule has 2 aromatic rings. The fourth-order valence-electron chi connectivity index (χ4n) is 2.50. The topological polar surface area (TPSA) is 0 Å². The highest BCUT2D eigenvalue weighted by Crippen LogP contribution is 2.37. The van der Waals surface area contributed by atoms with E-state index in [1.54, 1.807) is 0 Å². The summed E-state index contributed by atoms with van der Waals surface area (Å²) in [5, 5.41) is -0.690. The molecule has 2 rings (SSSR count). The van der Waals surface area contributed by atoms with Crippen LogP contribution in [0.15, 0.2) is 24.3 Å². The van der Waals surface area contributed by atoms with Crippen molar-refractivity contribution in [2.24, 2.45) is 0 Å². The second kappa shape index (κ2) is 5.53. The maximum atomic E-state index is 13.9. The van der Waals surface area contributed by atoms with Gasteiger partial charge in [-0.1, -0.05) is 18.2 Å². The zero-order valence-electron chi connectivity index (χ0n) is 12.0. The number of hydrogen-bond donors (Lipinski definition) is 0. The summed E-state index contributed by atoms with van der Waals surface area (Å²) < 4.78 is 27.3. The summed E-state index contributed by atoms with van der Waals surface area (Å²) in [7, 11) is 0. The number of halogens is 3. The van der Waals surface area contributed by atoms with Gasteiger partial charge in [0.2, 0.25) is 0 Å². The average Bonchev–Trinajstić information content (AvgIpc) is 2.40. The summed E-state index contributed by atoms with van der Waals surface area (Å²) in [6.07, 6.45) is 0. The monoisotopic (exact) mass is 294 g/mol. The summed E-state index contributed by atoms with van der Waals surface area (Å²) in [5.74, 6) is -1.74. The normalized spacial score (nSPS) is 12.6. The van der Waals surface area contributed by atoms with Crippen LogP contribution in [0.4, 0.5) is 8.78 Å². The first-order chi connectivity index (χ1) is 9.34. The van der Waals surface area contributed by atoms with Crippen molar-refractivity contribution in [2.45, 2.75) is 33.1 Å². The van der Waals surface area contributed by atoms with E-state index in [1.807, 2.05) is 27.7 Å².